The molecule has 1 atom stereocenters. The lowest BCUT2D eigenvalue weighted by Gasteiger charge is -2.12. The molecule has 140 valence electrons. The van der Waals surface area contributed by atoms with E-state index in [0.717, 1.165) is 29.6 Å². The Hall–Kier alpha value is -2.74. The predicted octanol–water partition coefficient (Wildman–Crippen LogP) is 3.80. The highest BCUT2D eigenvalue weighted by molar-refractivity contribution is 8.00. The van der Waals surface area contributed by atoms with Crippen molar-refractivity contribution < 1.29 is 13.6 Å². The van der Waals surface area contributed by atoms with Crippen molar-refractivity contribution in [1.29, 1.82) is 0 Å². The van der Waals surface area contributed by atoms with Gasteiger partial charge in [0.05, 0.1) is 10.9 Å². The second kappa shape index (κ2) is 8.30. The van der Waals surface area contributed by atoms with Gasteiger partial charge in [-0.15, -0.1) is 10.2 Å². The molecule has 0 spiro atoms. The molecule has 1 aromatic heterocycles. The number of carbonyl (C=O) groups excluding carboxylic acids is 1. The van der Waals surface area contributed by atoms with Crippen LogP contribution >= 0.6 is 11.8 Å². The van der Waals surface area contributed by atoms with Gasteiger partial charge in [0.25, 0.3) is 0 Å². The summed E-state index contributed by atoms with van der Waals surface area (Å²) in [6.45, 7) is 1.67. The molecule has 5 nitrogen and oxygen atoms in total. The van der Waals surface area contributed by atoms with Crippen LogP contribution in [0.3, 0.4) is 0 Å². The van der Waals surface area contributed by atoms with Crippen LogP contribution < -0.4 is 5.32 Å². The maximum Gasteiger partial charge on any atom is 0.237 e. The predicted molar refractivity (Wildman–Crippen MR) is 101 cm³/mol. The summed E-state index contributed by atoms with van der Waals surface area (Å²) in [6, 6.07) is 12.8. The number of nitrogens with zero attached hydrogens (tertiary/aromatic N) is 3. The zero-order chi connectivity index (χ0) is 19.4. The first-order chi connectivity index (χ1) is 12.9. The summed E-state index contributed by atoms with van der Waals surface area (Å²) in [4.78, 5) is 12.3. The van der Waals surface area contributed by atoms with Gasteiger partial charge in [0.1, 0.15) is 17.5 Å². The molecular formula is C19H18F2N4OS. The van der Waals surface area contributed by atoms with Gasteiger partial charge in [-0.3, -0.25) is 4.79 Å². The van der Waals surface area contributed by atoms with Crippen molar-refractivity contribution in [3.05, 3.63) is 71.6 Å². The molecular weight excluding hydrogens is 370 g/mol. The molecule has 0 fully saturated rings. The molecule has 8 heteroatoms. The third-order valence-electron chi connectivity index (χ3n) is 3.97. The van der Waals surface area contributed by atoms with Crippen LogP contribution in [0.15, 0.2) is 53.7 Å². The van der Waals surface area contributed by atoms with Gasteiger partial charge in [0, 0.05) is 19.5 Å². The fourth-order valence-corrected chi connectivity index (χ4v) is 3.25. The molecule has 0 saturated heterocycles. The number of hydrogen-bond acceptors (Lipinski definition) is 4. The number of amides is 1. The van der Waals surface area contributed by atoms with Crippen LogP contribution in [-0.4, -0.2) is 25.9 Å². The van der Waals surface area contributed by atoms with Gasteiger partial charge in [-0.2, -0.15) is 0 Å². The quantitative estimate of drug-likeness (QED) is 0.653. The van der Waals surface area contributed by atoms with Crippen LogP contribution in [0.25, 0.3) is 0 Å². The molecule has 1 amide bonds. The summed E-state index contributed by atoms with van der Waals surface area (Å²) in [5, 5.41) is 10.7. The molecule has 0 aliphatic carbocycles. The smallest absolute Gasteiger partial charge is 0.237 e. The van der Waals surface area contributed by atoms with Crippen molar-refractivity contribution in [2.75, 3.05) is 5.32 Å². The molecule has 3 rings (SSSR count). The van der Waals surface area contributed by atoms with Gasteiger partial charge >= 0.3 is 0 Å². The number of halogens is 2. The van der Waals surface area contributed by atoms with Crippen LogP contribution in [0.5, 0.6) is 0 Å². The molecule has 27 heavy (non-hydrogen) atoms. The Morgan fingerprint density at radius 2 is 1.93 bits per heavy atom. The van der Waals surface area contributed by atoms with E-state index in [0.29, 0.717) is 11.6 Å². The van der Waals surface area contributed by atoms with Crippen LogP contribution in [0.4, 0.5) is 14.5 Å². The first kappa shape index (κ1) is 19.0. The monoisotopic (exact) mass is 388 g/mol. The topological polar surface area (TPSA) is 59.8 Å². The number of carbonyl (C=O) groups is 1. The zero-order valence-electron chi connectivity index (χ0n) is 14.8. The van der Waals surface area contributed by atoms with E-state index in [4.69, 9.17) is 0 Å². The Morgan fingerprint density at radius 3 is 2.67 bits per heavy atom. The van der Waals surface area contributed by atoms with Crippen molar-refractivity contribution in [2.45, 2.75) is 23.8 Å². The lowest BCUT2D eigenvalue weighted by atomic mass is 10.1. The molecule has 0 aliphatic heterocycles. The van der Waals surface area contributed by atoms with Crippen LogP contribution in [0, 0.1) is 11.6 Å². The normalized spacial score (nSPS) is 12.0. The van der Waals surface area contributed by atoms with Gasteiger partial charge in [0.2, 0.25) is 5.91 Å². The van der Waals surface area contributed by atoms with Gasteiger partial charge in [-0.05, 0) is 24.6 Å². The van der Waals surface area contributed by atoms with E-state index in [1.54, 1.807) is 6.92 Å². The number of hydrogen-bond donors (Lipinski definition) is 1. The summed E-state index contributed by atoms with van der Waals surface area (Å²) in [5.74, 6) is -0.985. The van der Waals surface area contributed by atoms with Crippen molar-refractivity contribution in [3.8, 4) is 0 Å². The molecule has 0 saturated carbocycles. The minimum absolute atomic E-state index is 0.185. The Labute approximate surface area is 159 Å². The highest BCUT2D eigenvalue weighted by Gasteiger charge is 2.20. The van der Waals surface area contributed by atoms with E-state index in [2.05, 4.69) is 15.5 Å². The molecule has 3 aromatic rings. The highest BCUT2D eigenvalue weighted by Crippen LogP contribution is 2.24. The summed E-state index contributed by atoms with van der Waals surface area (Å²) in [6.07, 6.45) is 0.625. The third-order valence-corrected chi connectivity index (χ3v) is 5.10. The van der Waals surface area contributed by atoms with E-state index >= 15 is 0 Å². The third kappa shape index (κ3) is 4.71. The number of anilines is 1. The fraction of sp³-hybridized carbons (Fsp3) is 0.211. The van der Waals surface area contributed by atoms with E-state index in [1.165, 1.54) is 11.8 Å². The number of benzene rings is 2. The maximum atomic E-state index is 13.7. The molecule has 1 N–H and O–H groups in total. The lowest BCUT2D eigenvalue weighted by Crippen LogP contribution is -2.23. The van der Waals surface area contributed by atoms with Crippen molar-refractivity contribution in [1.82, 2.24) is 14.8 Å². The first-order valence-electron chi connectivity index (χ1n) is 8.29. The molecule has 0 radical (unpaired) electrons. The summed E-state index contributed by atoms with van der Waals surface area (Å²) in [5.41, 5.74) is 0.923. The minimum Gasteiger partial charge on any atom is -0.323 e. The Morgan fingerprint density at radius 1 is 1.19 bits per heavy atom. The van der Waals surface area contributed by atoms with E-state index in [-0.39, 0.29) is 5.69 Å². The van der Waals surface area contributed by atoms with E-state index < -0.39 is 22.8 Å². The molecule has 2 aromatic carbocycles. The maximum absolute atomic E-state index is 13.7. The zero-order valence-corrected chi connectivity index (χ0v) is 15.6. The standard InChI is InChI=1S/C19H18F2N4OS/c1-12(18(26)22-16-11-14(20)8-9-15(16)21)27-19-24-23-17(25(19)2)10-13-6-4-3-5-7-13/h3-9,11-12H,10H2,1-2H3,(H,22,26)/t12-/m1/s1. The molecule has 0 aliphatic rings. The number of thioether (sulfide) groups is 1. The van der Waals surface area contributed by atoms with Gasteiger partial charge in [-0.1, -0.05) is 42.1 Å². The highest BCUT2D eigenvalue weighted by atomic mass is 32.2. The second-order valence-corrected chi connectivity index (χ2v) is 7.30. The second-order valence-electron chi connectivity index (χ2n) is 5.99. The summed E-state index contributed by atoms with van der Waals surface area (Å²) >= 11 is 1.20. The Balaban J connectivity index is 1.66. The van der Waals surface area contributed by atoms with Crippen LogP contribution in [0.1, 0.15) is 18.3 Å². The van der Waals surface area contributed by atoms with Gasteiger partial charge < -0.3 is 9.88 Å². The van der Waals surface area contributed by atoms with Crippen molar-refractivity contribution in [3.63, 3.8) is 0 Å². The number of aromatic nitrogens is 3. The molecule has 0 unspecified atom stereocenters. The molecule has 0 bridgehead atoms. The summed E-state index contributed by atoms with van der Waals surface area (Å²) in [7, 11) is 1.83. The van der Waals surface area contributed by atoms with Crippen LogP contribution in [0.2, 0.25) is 0 Å². The Kier molecular flexibility index (Phi) is 5.85. The van der Waals surface area contributed by atoms with E-state index in [1.807, 2.05) is 41.9 Å². The van der Waals surface area contributed by atoms with Crippen LogP contribution in [-0.2, 0) is 18.3 Å². The van der Waals surface area contributed by atoms with Gasteiger partial charge in [-0.25, -0.2) is 8.78 Å². The largest absolute Gasteiger partial charge is 0.323 e. The average Bonchev–Trinajstić information content (AvgIpc) is 2.99. The number of nitrogens with one attached hydrogen (secondary N) is 1. The van der Waals surface area contributed by atoms with E-state index in [9.17, 15) is 13.6 Å². The summed E-state index contributed by atoms with van der Waals surface area (Å²) < 4.78 is 28.7. The Bertz CT molecular complexity index is 946. The SMILES string of the molecule is C[C@@H](Sc1nnc(Cc2ccccc2)n1C)C(=O)Nc1cc(F)ccc1F. The number of rotatable bonds is 6. The molecule has 1 heterocycles. The van der Waals surface area contributed by atoms with Crippen molar-refractivity contribution in [2.24, 2.45) is 7.05 Å². The van der Waals surface area contributed by atoms with Crippen molar-refractivity contribution >= 4 is 23.4 Å². The fourth-order valence-electron chi connectivity index (χ4n) is 2.42. The minimum atomic E-state index is -0.689. The van der Waals surface area contributed by atoms with Gasteiger partial charge in [0.15, 0.2) is 5.16 Å². The average molecular weight is 388 g/mol. The first-order valence-corrected chi connectivity index (χ1v) is 9.17. The lowest BCUT2D eigenvalue weighted by molar-refractivity contribution is -0.115.